The Kier molecular flexibility index (Phi) is 5.54. The van der Waals surface area contributed by atoms with Crippen LogP contribution in [-0.4, -0.2) is 17.6 Å². The van der Waals surface area contributed by atoms with Crippen molar-refractivity contribution >= 4 is 23.4 Å². The average molecular weight is 367 g/mol. The number of hydrogen-bond donors (Lipinski definition) is 1. The molecule has 1 aromatic carbocycles. The summed E-state index contributed by atoms with van der Waals surface area (Å²) in [6.07, 6.45) is -4.88. The lowest BCUT2D eigenvalue weighted by atomic mass is 10.1. The van der Waals surface area contributed by atoms with Gasteiger partial charge in [0.25, 0.3) is 0 Å². The Hall–Kier alpha value is -2.73. The Balaban J connectivity index is 2.60. The molecule has 2 rings (SSSR count). The SMILES string of the molecule is CCOC(=O)c1cc(C#N)c(Sc2ccccc2N)nc1C(F)(F)F. The van der Waals surface area contributed by atoms with Crippen LogP contribution in [0.4, 0.5) is 18.9 Å². The normalized spacial score (nSPS) is 11.0. The van der Waals surface area contributed by atoms with Crippen molar-refractivity contribution in [2.24, 2.45) is 0 Å². The van der Waals surface area contributed by atoms with Crippen LogP contribution < -0.4 is 5.73 Å². The molecule has 0 bridgehead atoms. The number of alkyl halides is 3. The molecule has 9 heteroatoms. The van der Waals surface area contributed by atoms with Crippen LogP contribution in [0.3, 0.4) is 0 Å². The summed E-state index contributed by atoms with van der Waals surface area (Å²) < 4.78 is 44.5. The number of rotatable bonds is 4. The number of ether oxygens (including phenoxy) is 1. The molecule has 1 heterocycles. The highest BCUT2D eigenvalue weighted by molar-refractivity contribution is 7.99. The van der Waals surface area contributed by atoms with E-state index < -0.39 is 23.4 Å². The number of nitriles is 1. The molecule has 2 N–H and O–H groups in total. The number of nitrogen functional groups attached to an aromatic ring is 1. The smallest absolute Gasteiger partial charge is 0.434 e. The van der Waals surface area contributed by atoms with Crippen LogP contribution >= 0.6 is 11.8 Å². The maximum Gasteiger partial charge on any atom is 0.434 e. The number of hydrogen-bond acceptors (Lipinski definition) is 6. The van der Waals surface area contributed by atoms with Crippen molar-refractivity contribution in [3.8, 4) is 6.07 Å². The molecular formula is C16H12F3N3O2S. The quantitative estimate of drug-likeness (QED) is 0.652. The Labute approximate surface area is 145 Å². The molecule has 0 spiro atoms. The van der Waals surface area contributed by atoms with E-state index in [1.165, 1.54) is 6.92 Å². The van der Waals surface area contributed by atoms with Crippen molar-refractivity contribution in [3.05, 3.63) is 47.2 Å². The van der Waals surface area contributed by atoms with Gasteiger partial charge in [0, 0.05) is 10.6 Å². The van der Waals surface area contributed by atoms with Crippen LogP contribution in [0.15, 0.2) is 40.3 Å². The predicted octanol–water partition coefficient (Wildman–Crippen LogP) is 3.88. The summed E-state index contributed by atoms with van der Waals surface area (Å²) in [6, 6.07) is 9.09. The van der Waals surface area contributed by atoms with Crippen LogP contribution in [0.25, 0.3) is 0 Å². The summed E-state index contributed by atoms with van der Waals surface area (Å²) in [5, 5.41) is 9.03. The number of carbonyl (C=O) groups is 1. The van der Waals surface area contributed by atoms with Crippen molar-refractivity contribution in [1.29, 1.82) is 5.26 Å². The number of benzene rings is 1. The van der Waals surface area contributed by atoms with Crippen molar-refractivity contribution in [2.45, 2.75) is 23.0 Å². The lowest BCUT2D eigenvalue weighted by Crippen LogP contribution is -2.18. The monoisotopic (exact) mass is 367 g/mol. The minimum absolute atomic E-state index is 0.102. The number of aromatic nitrogens is 1. The van der Waals surface area contributed by atoms with Crippen LogP contribution in [0, 0.1) is 11.3 Å². The van der Waals surface area contributed by atoms with E-state index in [0.717, 1.165) is 17.8 Å². The third-order valence-electron chi connectivity index (χ3n) is 3.00. The van der Waals surface area contributed by atoms with Gasteiger partial charge in [0.15, 0.2) is 5.69 Å². The number of nitrogens with zero attached hydrogens (tertiary/aromatic N) is 2. The van der Waals surface area contributed by atoms with Crippen molar-refractivity contribution in [1.82, 2.24) is 4.98 Å². The maximum absolute atomic E-state index is 13.3. The molecular weight excluding hydrogens is 355 g/mol. The van der Waals surface area contributed by atoms with Gasteiger partial charge in [-0.1, -0.05) is 23.9 Å². The van der Waals surface area contributed by atoms with Gasteiger partial charge < -0.3 is 10.5 Å². The molecule has 0 amide bonds. The second-order valence-corrected chi connectivity index (χ2v) is 5.74. The van der Waals surface area contributed by atoms with Gasteiger partial charge in [-0.05, 0) is 25.1 Å². The highest BCUT2D eigenvalue weighted by Crippen LogP contribution is 2.37. The molecule has 0 aliphatic heterocycles. The van der Waals surface area contributed by atoms with E-state index in [1.807, 2.05) is 0 Å². The highest BCUT2D eigenvalue weighted by atomic mass is 32.2. The largest absolute Gasteiger partial charge is 0.462 e. The first-order chi connectivity index (χ1) is 11.8. The zero-order valence-electron chi connectivity index (χ0n) is 12.9. The standard InChI is InChI=1S/C16H12F3N3O2S/c1-2-24-15(23)10-7-9(8-20)14(22-13(10)16(17,18)19)25-12-6-4-3-5-11(12)21/h3-7H,2,21H2,1H3. The van der Waals surface area contributed by atoms with Gasteiger partial charge in [0.05, 0.1) is 17.7 Å². The second-order valence-electron chi connectivity index (χ2n) is 4.71. The molecule has 2 aromatic rings. The van der Waals surface area contributed by atoms with E-state index in [-0.39, 0.29) is 17.2 Å². The van der Waals surface area contributed by atoms with Crippen molar-refractivity contribution in [3.63, 3.8) is 0 Å². The molecule has 0 radical (unpaired) electrons. The molecule has 0 unspecified atom stereocenters. The maximum atomic E-state index is 13.3. The summed E-state index contributed by atoms with van der Waals surface area (Å²) >= 11 is 0.819. The number of anilines is 1. The van der Waals surface area contributed by atoms with E-state index in [0.29, 0.717) is 10.6 Å². The van der Waals surface area contributed by atoms with Crippen LogP contribution in [-0.2, 0) is 10.9 Å². The first kappa shape index (κ1) is 18.6. The molecule has 5 nitrogen and oxygen atoms in total. The van der Waals surface area contributed by atoms with Gasteiger partial charge in [-0.2, -0.15) is 18.4 Å². The summed E-state index contributed by atoms with van der Waals surface area (Å²) in [6.45, 7) is 1.36. The summed E-state index contributed by atoms with van der Waals surface area (Å²) in [7, 11) is 0. The first-order valence-corrected chi connectivity index (χ1v) is 7.81. The number of para-hydroxylation sites is 1. The Morgan fingerprint density at radius 1 is 1.40 bits per heavy atom. The number of carbonyl (C=O) groups excluding carboxylic acids is 1. The third-order valence-corrected chi connectivity index (χ3v) is 4.09. The van der Waals surface area contributed by atoms with E-state index >= 15 is 0 Å². The predicted molar refractivity (Wildman–Crippen MR) is 84.9 cm³/mol. The van der Waals surface area contributed by atoms with Crippen molar-refractivity contribution in [2.75, 3.05) is 12.3 Å². The summed E-state index contributed by atoms with van der Waals surface area (Å²) in [4.78, 5) is 15.8. The Morgan fingerprint density at radius 3 is 2.64 bits per heavy atom. The topological polar surface area (TPSA) is 89.0 Å². The Bertz CT molecular complexity index is 847. The fourth-order valence-corrected chi connectivity index (χ4v) is 2.80. The minimum Gasteiger partial charge on any atom is -0.462 e. The molecule has 0 fully saturated rings. The van der Waals surface area contributed by atoms with E-state index in [1.54, 1.807) is 30.3 Å². The molecule has 0 saturated carbocycles. The number of esters is 1. The summed E-state index contributed by atoms with van der Waals surface area (Å²) in [5.41, 5.74) is 3.74. The molecule has 0 atom stereocenters. The van der Waals surface area contributed by atoms with Gasteiger partial charge in [-0.3, -0.25) is 0 Å². The second kappa shape index (κ2) is 7.44. The zero-order valence-corrected chi connectivity index (χ0v) is 13.7. The van der Waals surface area contributed by atoms with Crippen LogP contribution in [0.5, 0.6) is 0 Å². The average Bonchev–Trinajstić information content (AvgIpc) is 2.56. The molecule has 0 saturated heterocycles. The van der Waals surface area contributed by atoms with Crippen LogP contribution in [0.2, 0.25) is 0 Å². The fourth-order valence-electron chi connectivity index (χ4n) is 1.91. The molecule has 0 aliphatic rings. The van der Waals surface area contributed by atoms with Gasteiger partial charge in [-0.25, -0.2) is 9.78 Å². The van der Waals surface area contributed by atoms with Crippen molar-refractivity contribution < 1.29 is 22.7 Å². The van der Waals surface area contributed by atoms with Gasteiger partial charge >= 0.3 is 12.1 Å². The van der Waals surface area contributed by atoms with Gasteiger partial charge in [0.1, 0.15) is 11.1 Å². The number of pyridine rings is 1. The van der Waals surface area contributed by atoms with Gasteiger partial charge in [-0.15, -0.1) is 0 Å². The number of nitrogens with two attached hydrogens (primary N) is 1. The minimum atomic E-state index is -4.88. The van der Waals surface area contributed by atoms with E-state index in [9.17, 15) is 23.2 Å². The summed E-state index contributed by atoms with van der Waals surface area (Å²) in [5.74, 6) is -1.19. The lowest BCUT2D eigenvalue weighted by Gasteiger charge is -2.14. The van der Waals surface area contributed by atoms with E-state index in [4.69, 9.17) is 5.73 Å². The third kappa shape index (κ3) is 4.22. The Morgan fingerprint density at radius 2 is 2.08 bits per heavy atom. The van der Waals surface area contributed by atoms with Gasteiger partial charge in [0.2, 0.25) is 0 Å². The number of halogens is 3. The molecule has 25 heavy (non-hydrogen) atoms. The molecule has 1 aromatic heterocycles. The molecule has 0 aliphatic carbocycles. The highest BCUT2D eigenvalue weighted by Gasteiger charge is 2.39. The first-order valence-electron chi connectivity index (χ1n) is 6.99. The lowest BCUT2D eigenvalue weighted by molar-refractivity contribution is -0.142. The van der Waals surface area contributed by atoms with E-state index in [2.05, 4.69) is 9.72 Å². The van der Waals surface area contributed by atoms with Crippen LogP contribution in [0.1, 0.15) is 28.5 Å². The molecule has 130 valence electrons. The zero-order chi connectivity index (χ0) is 18.6. The fraction of sp³-hybridized carbons (Fsp3) is 0.188.